The summed E-state index contributed by atoms with van der Waals surface area (Å²) in [4.78, 5) is 22.0. The zero-order chi connectivity index (χ0) is 14.4. The van der Waals surface area contributed by atoms with Crippen LogP contribution in [0.5, 0.6) is 11.5 Å². The van der Waals surface area contributed by atoms with Crippen molar-refractivity contribution in [2.45, 2.75) is 39.7 Å². The molecule has 1 aromatic carbocycles. The van der Waals surface area contributed by atoms with E-state index in [0.717, 1.165) is 12.0 Å². The minimum Gasteiger partial charge on any atom is -0.423 e. The van der Waals surface area contributed by atoms with Gasteiger partial charge >= 0.3 is 11.9 Å². The van der Waals surface area contributed by atoms with Crippen LogP contribution in [0.2, 0.25) is 0 Å². The third-order valence-electron chi connectivity index (χ3n) is 2.54. The van der Waals surface area contributed by atoms with E-state index in [1.54, 1.807) is 18.2 Å². The molecule has 0 radical (unpaired) electrons. The molecule has 104 valence electrons. The summed E-state index contributed by atoms with van der Waals surface area (Å²) in [6, 6.07) is 5.14. The standard InChI is InChI=1S/C14H19NO4/c1-4-12(15)7-11-5-6-13(18-9(2)16)14(8-11)19-10(3)17/h5-6,8,12H,4,7,15H2,1-3H3. The highest BCUT2D eigenvalue weighted by molar-refractivity contribution is 5.73. The lowest BCUT2D eigenvalue weighted by molar-refractivity contribution is -0.134. The molecule has 1 unspecified atom stereocenters. The van der Waals surface area contributed by atoms with Gasteiger partial charge in [-0.3, -0.25) is 9.59 Å². The average Bonchev–Trinajstić information content (AvgIpc) is 2.31. The van der Waals surface area contributed by atoms with Crippen molar-refractivity contribution in [3.63, 3.8) is 0 Å². The Morgan fingerprint density at radius 2 is 1.74 bits per heavy atom. The number of hydrogen-bond donors (Lipinski definition) is 1. The lowest BCUT2D eigenvalue weighted by atomic mass is 10.0. The van der Waals surface area contributed by atoms with Crippen LogP contribution in [0.25, 0.3) is 0 Å². The molecule has 0 heterocycles. The number of benzene rings is 1. The number of rotatable bonds is 5. The molecule has 2 N–H and O–H groups in total. The summed E-state index contributed by atoms with van der Waals surface area (Å²) in [6.07, 6.45) is 1.53. The van der Waals surface area contributed by atoms with Gasteiger partial charge < -0.3 is 15.2 Å². The Morgan fingerprint density at radius 3 is 2.26 bits per heavy atom. The predicted molar refractivity (Wildman–Crippen MR) is 71.0 cm³/mol. The SMILES string of the molecule is CCC(N)Cc1ccc(OC(C)=O)c(OC(C)=O)c1. The van der Waals surface area contributed by atoms with E-state index in [4.69, 9.17) is 15.2 Å². The van der Waals surface area contributed by atoms with Crippen molar-refractivity contribution >= 4 is 11.9 Å². The summed E-state index contributed by atoms with van der Waals surface area (Å²) >= 11 is 0. The number of ether oxygens (including phenoxy) is 2. The van der Waals surface area contributed by atoms with Crippen molar-refractivity contribution in [3.05, 3.63) is 23.8 Å². The van der Waals surface area contributed by atoms with E-state index in [-0.39, 0.29) is 17.5 Å². The monoisotopic (exact) mass is 265 g/mol. The van der Waals surface area contributed by atoms with Crippen LogP contribution in [0.4, 0.5) is 0 Å². The fourth-order valence-corrected chi connectivity index (χ4v) is 1.60. The van der Waals surface area contributed by atoms with E-state index in [1.165, 1.54) is 13.8 Å². The van der Waals surface area contributed by atoms with Crippen molar-refractivity contribution in [2.24, 2.45) is 5.73 Å². The highest BCUT2D eigenvalue weighted by atomic mass is 16.6. The van der Waals surface area contributed by atoms with Gasteiger partial charge in [-0.25, -0.2) is 0 Å². The highest BCUT2D eigenvalue weighted by Gasteiger charge is 2.12. The Hall–Kier alpha value is -1.88. The molecule has 1 aromatic rings. The molecule has 0 amide bonds. The van der Waals surface area contributed by atoms with Crippen LogP contribution in [-0.2, 0) is 16.0 Å². The molecular formula is C14H19NO4. The van der Waals surface area contributed by atoms with Gasteiger partial charge in [0.25, 0.3) is 0 Å². The summed E-state index contributed by atoms with van der Waals surface area (Å²) in [7, 11) is 0. The van der Waals surface area contributed by atoms with Gasteiger partial charge in [0.2, 0.25) is 0 Å². The highest BCUT2D eigenvalue weighted by Crippen LogP contribution is 2.29. The maximum Gasteiger partial charge on any atom is 0.308 e. The molecule has 19 heavy (non-hydrogen) atoms. The molecule has 5 nitrogen and oxygen atoms in total. The molecule has 5 heteroatoms. The number of carbonyl (C=O) groups is 2. The van der Waals surface area contributed by atoms with Crippen molar-refractivity contribution in [1.29, 1.82) is 0 Å². The molecule has 0 spiro atoms. The fraction of sp³-hybridized carbons (Fsp3) is 0.429. The molecule has 0 saturated heterocycles. The van der Waals surface area contributed by atoms with Crippen molar-refractivity contribution < 1.29 is 19.1 Å². The van der Waals surface area contributed by atoms with Crippen molar-refractivity contribution in [2.75, 3.05) is 0 Å². The molecule has 1 atom stereocenters. The maximum absolute atomic E-state index is 11.1. The van der Waals surface area contributed by atoms with Crippen molar-refractivity contribution in [1.82, 2.24) is 0 Å². The van der Waals surface area contributed by atoms with E-state index >= 15 is 0 Å². The molecule has 0 bridgehead atoms. The van der Waals surface area contributed by atoms with Gasteiger partial charge in [-0.2, -0.15) is 0 Å². The molecule has 0 aromatic heterocycles. The lowest BCUT2D eigenvalue weighted by Crippen LogP contribution is -2.21. The quantitative estimate of drug-likeness (QED) is 0.649. The first-order valence-corrected chi connectivity index (χ1v) is 6.17. The first-order valence-electron chi connectivity index (χ1n) is 6.17. The first kappa shape index (κ1) is 15.2. The maximum atomic E-state index is 11.1. The van der Waals surface area contributed by atoms with Crippen LogP contribution in [0, 0.1) is 0 Å². The zero-order valence-corrected chi connectivity index (χ0v) is 11.4. The summed E-state index contributed by atoms with van der Waals surface area (Å²) in [6.45, 7) is 4.59. The Kier molecular flexibility index (Phi) is 5.51. The summed E-state index contributed by atoms with van der Waals surface area (Å²) in [5.74, 6) is -0.461. The Labute approximate surface area is 112 Å². The van der Waals surface area contributed by atoms with Crippen LogP contribution >= 0.6 is 0 Å². The fourth-order valence-electron chi connectivity index (χ4n) is 1.60. The minimum atomic E-state index is -0.467. The minimum absolute atomic E-state index is 0.0461. The topological polar surface area (TPSA) is 78.6 Å². The third kappa shape index (κ3) is 5.09. The van der Waals surface area contributed by atoms with Gasteiger partial charge in [0.1, 0.15) is 0 Å². The van der Waals surface area contributed by atoms with Gasteiger partial charge in [0.05, 0.1) is 0 Å². The summed E-state index contributed by atoms with van der Waals surface area (Å²) < 4.78 is 10.0. The van der Waals surface area contributed by atoms with E-state index in [1.807, 2.05) is 6.92 Å². The lowest BCUT2D eigenvalue weighted by Gasteiger charge is -2.12. The largest absolute Gasteiger partial charge is 0.423 e. The van der Waals surface area contributed by atoms with E-state index in [0.29, 0.717) is 6.42 Å². The Bertz CT molecular complexity index is 471. The van der Waals surface area contributed by atoms with E-state index in [9.17, 15) is 9.59 Å². The second-order valence-electron chi connectivity index (χ2n) is 4.34. The number of carbonyl (C=O) groups excluding carboxylic acids is 2. The molecule has 0 aliphatic carbocycles. The van der Waals surface area contributed by atoms with Crippen molar-refractivity contribution in [3.8, 4) is 11.5 Å². The Balaban J connectivity index is 3.00. The second-order valence-corrected chi connectivity index (χ2v) is 4.34. The predicted octanol–water partition coefficient (Wildman–Crippen LogP) is 1.82. The molecule has 0 aliphatic rings. The first-order chi connectivity index (χ1) is 8.92. The summed E-state index contributed by atoms with van der Waals surface area (Å²) in [5, 5.41) is 0. The molecule has 0 fully saturated rings. The smallest absolute Gasteiger partial charge is 0.308 e. The van der Waals surface area contributed by atoms with Gasteiger partial charge in [-0.05, 0) is 30.5 Å². The molecule has 1 rings (SSSR count). The normalized spacial score (nSPS) is 11.8. The van der Waals surface area contributed by atoms with Gasteiger partial charge in [0.15, 0.2) is 11.5 Å². The molecule has 0 saturated carbocycles. The van der Waals surface area contributed by atoms with Gasteiger partial charge in [-0.15, -0.1) is 0 Å². The number of esters is 2. The van der Waals surface area contributed by atoms with E-state index in [2.05, 4.69) is 0 Å². The van der Waals surface area contributed by atoms with Crippen LogP contribution < -0.4 is 15.2 Å². The van der Waals surface area contributed by atoms with Crippen LogP contribution in [0.3, 0.4) is 0 Å². The molecule has 0 aliphatic heterocycles. The molecular weight excluding hydrogens is 246 g/mol. The Morgan fingerprint density at radius 1 is 1.16 bits per heavy atom. The second kappa shape index (κ2) is 6.89. The average molecular weight is 265 g/mol. The summed E-state index contributed by atoms with van der Waals surface area (Å²) in [5.41, 5.74) is 6.81. The van der Waals surface area contributed by atoms with Crippen LogP contribution in [-0.4, -0.2) is 18.0 Å². The third-order valence-corrected chi connectivity index (χ3v) is 2.54. The zero-order valence-electron chi connectivity index (χ0n) is 11.4. The van der Waals surface area contributed by atoms with E-state index < -0.39 is 11.9 Å². The number of nitrogens with two attached hydrogens (primary N) is 1. The van der Waals surface area contributed by atoms with Crippen LogP contribution in [0.1, 0.15) is 32.8 Å². The van der Waals surface area contributed by atoms with Crippen LogP contribution in [0.15, 0.2) is 18.2 Å². The van der Waals surface area contributed by atoms with Gasteiger partial charge in [-0.1, -0.05) is 13.0 Å². The number of hydrogen-bond acceptors (Lipinski definition) is 5. The van der Waals surface area contributed by atoms with Gasteiger partial charge in [0, 0.05) is 19.9 Å².